The molecule has 1 unspecified atom stereocenters. The molecule has 2 rings (SSSR count). The summed E-state index contributed by atoms with van der Waals surface area (Å²) >= 11 is 0. The van der Waals surface area contributed by atoms with Crippen LogP contribution in [0.5, 0.6) is 0 Å². The van der Waals surface area contributed by atoms with E-state index in [-0.39, 0.29) is 30.2 Å². The van der Waals surface area contributed by atoms with Crippen molar-refractivity contribution in [3.63, 3.8) is 0 Å². The minimum Gasteiger partial charge on any atom is -0.384 e. The van der Waals surface area contributed by atoms with Gasteiger partial charge >= 0.3 is 0 Å². The first kappa shape index (κ1) is 17.6. The molecule has 0 aromatic carbocycles. The van der Waals surface area contributed by atoms with Gasteiger partial charge in [0.25, 0.3) is 5.92 Å². The zero-order chi connectivity index (χ0) is 14.1. The van der Waals surface area contributed by atoms with E-state index in [0.717, 1.165) is 12.8 Å². The number of ether oxygens (including phenoxy) is 1. The van der Waals surface area contributed by atoms with Crippen molar-refractivity contribution in [2.75, 3.05) is 33.4 Å². The summed E-state index contributed by atoms with van der Waals surface area (Å²) < 4.78 is 31.4. The molecule has 0 bridgehead atoms. The molecule has 2 heterocycles. The second kappa shape index (κ2) is 6.54. The molecule has 0 aromatic rings. The molecule has 4 nitrogen and oxygen atoms in total. The van der Waals surface area contributed by atoms with Gasteiger partial charge in [-0.1, -0.05) is 6.92 Å². The van der Waals surface area contributed by atoms with Crippen molar-refractivity contribution in [3.05, 3.63) is 0 Å². The Morgan fingerprint density at radius 1 is 1.40 bits per heavy atom. The lowest BCUT2D eigenvalue weighted by Gasteiger charge is -2.39. The van der Waals surface area contributed by atoms with Crippen LogP contribution in [0.15, 0.2) is 0 Å². The number of halogens is 3. The van der Waals surface area contributed by atoms with Crippen LogP contribution in [-0.2, 0) is 9.53 Å². The Bertz CT molecular complexity index is 347. The van der Waals surface area contributed by atoms with Gasteiger partial charge in [0, 0.05) is 26.6 Å². The van der Waals surface area contributed by atoms with E-state index in [1.807, 2.05) is 0 Å². The van der Waals surface area contributed by atoms with E-state index in [1.54, 1.807) is 12.0 Å². The molecular formula is C13H23ClF2N2O2. The van der Waals surface area contributed by atoms with Crippen molar-refractivity contribution in [2.24, 2.45) is 5.41 Å². The van der Waals surface area contributed by atoms with Crippen LogP contribution >= 0.6 is 12.4 Å². The van der Waals surface area contributed by atoms with Crippen molar-refractivity contribution in [2.45, 2.75) is 38.2 Å². The lowest BCUT2D eigenvalue weighted by Crippen LogP contribution is -2.49. The van der Waals surface area contributed by atoms with Gasteiger partial charge in [-0.05, 0) is 18.3 Å². The van der Waals surface area contributed by atoms with Gasteiger partial charge in [0.2, 0.25) is 5.91 Å². The van der Waals surface area contributed by atoms with Gasteiger partial charge in [-0.2, -0.15) is 0 Å². The third-order valence-corrected chi connectivity index (χ3v) is 4.18. The van der Waals surface area contributed by atoms with Crippen LogP contribution in [0.3, 0.4) is 0 Å². The summed E-state index contributed by atoms with van der Waals surface area (Å²) in [6.07, 6.45) is 1.34. The van der Waals surface area contributed by atoms with E-state index in [4.69, 9.17) is 4.74 Å². The van der Waals surface area contributed by atoms with E-state index in [2.05, 4.69) is 12.2 Å². The number of alkyl halides is 2. The molecule has 2 aliphatic heterocycles. The van der Waals surface area contributed by atoms with Crippen molar-refractivity contribution in [1.29, 1.82) is 0 Å². The summed E-state index contributed by atoms with van der Waals surface area (Å²) in [4.78, 5) is 13.9. The first-order chi connectivity index (χ1) is 8.85. The molecule has 1 amide bonds. The minimum absolute atomic E-state index is 0. The van der Waals surface area contributed by atoms with E-state index >= 15 is 0 Å². The van der Waals surface area contributed by atoms with Gasteiger partial charge in [0.05, 0.1) is 19.2 Å². The number of piperidine rings is 1. The summed E-state index contributed by atoms with van der Waals surface area (Å²) in [5.74, 6) is -2.93. The molecule has 0 radical (unpaired) electrons. The molecule has 1 N–H and O–H groups in total. The van der Waals surface area contributed by atoms with Crippen molar-refractivity contribution in [3.8, 4) is 0 Å². The molecule has 0 saturated carbocycles. The highest BCUT2D eigenvalue weighted by Crippen LogP contribution is 2.32. The van der Waals surface area contributed by atoms with Crippen molar-refractivity contribution < 1.29 is 18.3 Å². The fraction of sp³-hybridized carbons (Fsp3) is 0.923. The maximum Gasteiger partial charge on any atom is 0.262 e. The number of likely N-dealkylation sites (tertiary alicyclic amines) is 1. The summed E-state index contributed by atoms with van der Waals surface area (Å²) in [6, 6.07) is -0.721. The van der Waals surface area contributed by atoms with Crippen LogP contribution < -0.4 is 5.32 Å². The molecular weight excluding hydrogens is 290 g/mol. The molecule has 7 heteroatoms. The molecule has 2 saturated heterocycles. The Balaban J connectivity index is 0.00000200. The van der Waals surface area contributed by atoms with Crippen LogP contribution in [0.1, 0.15) is 26.2 Å². The maximum atomic E-state index is 13.1. The van der Waals surface area contributed by atoms with Gasteiger partial charge in [-0.3, -0.25) is 10.1 Å². The molecule has 118 valence electrons. The zero-order valence-corrected chi connectivity index (χ0v) is 12.8. The lowest BCUT2D eigenvalue weighted by molar-refractivity contribution is -0.136. The number of carbonyl (C=O) groups is 1. The van der Waals surface area contributed by atoms with Gasteiger partial charge in [-0.25, -0.2) is 8.78 Å². The standard InChI is InChI=1S/C13H22F2N2O2.ClH/c1-12(9-19-2)3-5-17(6-4-12)11(18)10-7-13(14,15)8-16-10;/h10,16H,3-9H2,1-2H3;1H. The van der Waals surface area contributed by atoms with Gasteiger partial charge in [-0.15, -0.1) is 12.4 Å². The van der Waals surface area contributed by atoms with Crippen LogP contribution in [0.2, 0.25) is 0 Å². The number of hydrogen-bond donors (Lipinski definition) is 1. The van der Waals surface area contributed by atoms with Gasteiger partial charge < -0.3 is 9.64 Å². The first-order valence-corrected chi connectivity index (χ1v) is 6.74. The first-order valence-electron chi connectivity index (χ1n) is 6.74. The van der Waals surface area contributed by atoms with Crippen LogP contribution in [0.4, 0.5) is 8.78 Å². The van der Waals surface area contributed by atoms with E-state index in [0.29, 0.717) is 19.7 Å². The number of rotatable bonds is 3. The fourth-order valence-corrected chi connectivity index (χ4v) is 2.87. The normalized spacial score (nSPS) is 28.0. The number of carbonyl (C=O) groups excluding carboxylic acids is 1. The Morgan fingerprint density at radius 2 is 2.00 bits per heavy atom. The molecule has 20 heavy (non-hydrogen) atoms. The fourth-order valence-electron chi connectivity index (χ4n) is 2.87. The average molecular weight is 313 g/mol. The summed E-state index contributed by atoms with van der Waals surface area (Å²) in [5, 5.41) is 2.62. The molecule has 0 aromatic heterocycles. The number of nitrogens with one attached hydrogen (secondary N) is 1. The second-order valence-corrected chi connectivity index (χ2v) is 6.06. The number of amides is 1. The van der Waals surface area contributed by atoms with Crippen LogP contribution in [-0.4, -0.2) is 56.1 Å². The van der Waals surface area contributed by atoms with E-state index < -0.39 is 18.5 Å². The summed E-state index contributed by atoms with van der Waals surface area (Å²) in [7, 11) is 1.67. The summed E-state index contributed by atoms with van der Waals surface area (Å²) in [6.45, 7) is 3.68. The molecule has 2 fully saturated rings. The van der Waals surface area contributed by atoms with Gasteiger partial charge in [0.1, 0.15) is 0 Å². The van der Waals surface area contributed by atoms with Gasteiger partial charge in [0.15, 0.2) is 0 Å². The number of nitrogens with zero attached hydrogens (tertiary/aromatic N) is 1. The maximum absolute atomic E-state index is 13.1. The highest BCUT2D eigenvalue weighted by molar-refractivity contribution is 5.85. The van der Waals surface area contributed by atoms with Crippen molar-refractivity contribution >= 4 is 18.3 Å². The SMILES string of the molecule is COCC1(C)CCN(C(=O)C2CC(F)(F)CN2)CC1.Cl. The topological polar surface area (TPSA) is 41.6 Å². The Morgan fingerprint density at radius 3 is 2.45 bits per heavy atom. The smallest absolute Gasteiger partial charge is 0.262 e. The highest BCUT2D eigenvalue weighted by Gasteiger charge is 2.44. The monoisotopic (exact) mass is 312 g/mol. The lowest BCUT2D eigenvalue weighted by atomic mass is 9.81. The highest BCUT2D eigenvalue weighted by atomic mass is 35.5. The average Bonchev–Trinajstić information content (AvgIpc) is 2.70. The molecule has 1 atom stereocenters. The Hall–Kier alpha value is -0.460. The molecule has 0 aliphatic carbocycles. The second-order valence-electron chi connectivity index (χ2n) is 6.06. The quantitative estimate of drug-likeness (QED) is 0.862. The Kier molecular flexibility index (Phi) is 5.75. The molecule has 0 spiro atoms. The zero-order valence-electron chi connectivity index (χ0n) is 12.0. The predicted octanol–water partition coefficient (Wildman–Crippen LogP) is 1.68. The number of methoxy groups -OCH3 is 1. The minimum atomic E-state index is -2.75. The van der Waals surface area contributed by atoms with Crippen LogP contribution in [0, 0.1) is 5.41 Å². The van der Waals surface area contributed by atoms with E-state index in [1.165, 1.54) is 0 Å². The van der Waals surface area contributed by atoms with Crippen molar-refractivity contribution in [1.82, 2.24) is 10.2 Å². The largest absolute Gasteiger partial charge is 0.384 e. The number of hydrogen-bond acceptors (Lipinski definition) is 3. The van der Waals surface area contributed by atoms with Crippen LogP contribution in [0.25, 0.3) is 0 Å². The van der Waals surface area contributed by atoms with E-state index in [9.17, 15) is 13.6 Å². The third kappa shape index (κ3) is 4.02. The predicted molar refractivity (Wildman–Crippen MR) is 74.4 cm³/mol. The summed E-state index contributed by atoms with van der Waals surface area (Å²) in [5.41, 5.74) is 0.0958. The Labute approximate surface area is 124 Å². The molecule has 2 aliphatic rings. The third-order valence-electron chi connectivity index (χ3n) is 4.18.